The van der Waals surface area contributed by atoms with Crippen LogP contribution in [0, 0.1) is 0 Å². The number of fused-ring (bicyclic) bond motifs is 2. The van der Waals surface area contributed by atoms with Crippen LogP contribution in [0.25, 0.3) is 5.70 Å². The van der Waals surface area contributed by atoms with Crippen LogP contribution in [0.2, 0.25) is 5.02 Å². The van der Waals surface area contributed by atoms with Crippen molar-refractivity contribution in [2.75, 3.05) is 18.4 Å². The molecule has 0 spiro atoms. The maximum Gasteiger partial charge on any atom is 0.251 e. The van der Waals surface area contributed by atoms with Gasteiger partial charge < -0.3 is 10.6 Å². The number of hydrogen-bond donors (Lipinski definition) is 2. The summed E-state index contributed by atoms with van der Waals surface area (Å²) in [6.07, 6.45) is 0. The second-order valence-electron chi connectivity index (χ2n) is 8.36. The van der Waals surface area contributed by atoms with Gasteiger partial charge in [0.25, 0.3) is 5.91 Å². The van der Waals surface area contributed by atoms with Crippen molar-refractivity contribution in [2.24, 2.45) is 0 Å². The van der Waals surface area contributed by atoms with Gasteiger partial charge in [0.1, 0.15) is 0 Å². The summed E-state index contributed by atoms with van der Waals surface area (Å²) in [5.41, 5.74) is 4.51. The number of carbonyl (C=O) groups excluding carboxylic acids is 1. The van der Waals surface area contributed by atoms with E-state index in [4.69, 9.17) is 11.6 Å². The van der Waals surface area contributed by atoms with Crippen molar-refractivity contribution in [3.63, 3.8) is 0 Å². The van der Waals surface area contributed by atoms with E-state index in [1.807, 2.05) is 42.5 Å². The molecule has 1 heterocycles. The molecule has 33 heavy (non-hydrogen) atoms. The van der Waals surface area contributed by atoms with Crippen molar-refractivity contribution in [2.45, 2.75) is 36.2 Å². The number of nitrogens with one attached hydrogen (secondary N) is 2. The number of carbonyl (C=O) groups is 1. The van der Waals surface area contributed by atoms with Gasteiger partial charge in [0, 0.05) is 57.3 Å². The molecule has 1 amide bonds. The van der Waals surface area contributed by atoms with E-state index in [0.717, 1.165) is 39.8 Å². The van der Waals surface area contributed by atoms with Crippen molar-refractivity contribution in [3.05, 3.63) is 95.0 Å². The highest BCUT2D eigenvalue weighted by molar-refractivity contribution is 7.99. The summed E-state index contributed by atoms with van der Waals surface area (Å²) >= 11 is 7.82. The molecule has 4 rings (SSSR count). The van der Waals surface area contributed by atoms with Crippen molar-refractivity contribution in [1.29, 1.82) is 0 Å². The van der Waals surface area contributed by atoms with E-state index >= 15 is 0 Å². The van der Waals surface area contributed by atoms with E-state index in [-0.39, 0.29) is 5.91 Å². The van der Waals surface area contributed by atoms with Crippen LogP contribution < -0.4 is 10.6 Å². The fourth-order valence-electron chi connectivity index (χ4n) is 3.79. The molecular weight excluding hydrogens is 450 g/mol. The Bertz CT molecular complexity index is 1160. The minimum Gasteiger partial charge on any atom is -0.355 e. The summed E-state index contributed by atoms with van der Waals surface area (Å²) in [7, 11) is 0. The second kappa shape index (κ2) is 10.5. The second-order valence-corrected chi connectivity index (χ2v) is 9.88. The number of anilines is 1. The molecule has 3 aromatic rings. The lowest BCUT2D eigenvalue weighted by atomic mass is 10.1. The molecule has 1 aliphatic rings. The molecule has 170 valence electrons. The van der Waals surface area contributed by atoms with E-state index < -0.39 is 0 Å². The van der Waals surface area contributed by atoms with Crippen molar-refractivity contribution < 1.29 is 4.79 Å². The number of amides is 1. The lowest BCUT2D eigenvalue weighted by molar-refractivity contribution is 0.0944. The normalized spacial score (nSPS) is 12.7. The Morgan fingerprint density at radius 3 is 2.61 bits per heavy atom. The van der Waals surface area contributed by atoms with Gasteiger partial charge in [0.15, 0.2) is 0 Å². The molecule has 0 saturated carbocycles. The number of rotatable bonds is 7. The van der Waals surface area contributed by atoms with Crippen LogP contribution in [0.4, 0.5) is 5.69 Å². The highest BCUT2D eigenvalue weighted by Crippen LogP contribution is 2.42. The zero-order valence-corrected chi connectivity index (χ0v) is 20.5. The molecule has 4 nitrogen and oxygen atoms in total. The summed E-state index contributed by atoms with van der Waals surface area (Å²) in [6.45, 7) is 10.7. The highest BCUT2D eigenvalue weighted by Gasteiger charge is 2.19. The maximum atomic E-state index is 12.9. The summed E-state index contributed by atoms with van der Waals surface area (Å²) < 4.78 is 0. The molecule has 1 aliphatic heterocycles. The van der Waals surface area contributed by atoms with Crippen molar-refractivity contribution >= 4 is 40.7 Å². The third-order valence-electron chi connectivity index (χ3n) is 5.66. The number of benzene rings is 3. The number of halogens is 1. The Hall–Kier alpha value is -2.73. The lowest BCUT2D eigenvalue weighted by Crippen LogP contribution is -2.38. The first-order chi connectivity index (χ1) is 15.9. The van der Waals surface area contributed by atoms with E-state index in [0.29, 0.717) is 23.2 Å². The van der Waals surface area contributed by atoms with Crippen LogP contribution in [-0.2, 0) is 6.54 Å². The Labute approximate surface area is 205 Å². The third-order valence-corrected chi connectivity index (χ3v) is 7.04. The smallest absolute Gasteiger partial charge is 0.251 e. The van der Waals surface area contributed by atoms with Gasteiger partial charge in [-0.1, -0.05) is 60.3 Å². The standard InChI is InChI=1S/C27H28ClN3OS/c1-18(2)31(17-20-7-5-4-6-8-20)14-13-29-27(32)21-9-11-26-24(15-21)30-19(3)23-16-22(28)10-12-25(23)33-26/h4-12,15-16,18,30H,3,13-14,17H2,1-2H3,(H,29,32). The average Bonchev–Trinajstić information content (AvgIpc) is 2.94. The summed E-state index contributed by atoms with van der Waals surface area (Å²) in [5, 5.41) is 7.10. The Balaban J connectivity index is 1.40. The lowest BCUT2D eigenvalue weighted by Gasteiger charge is -2.26. The summed E-state index contributed by atoms with van der Waals surface area (Å²) in [6, 6.07) is 22.3. The molecule has 0 bridgehead atoms. The zero-order valence-electron chi connectivity index (χ0n) is 18.9. The first kappa shape index (κ1) is 23.4. The molecule has 0 radical (unpaired) electrons. The quantitative estimate of drug-likeness (QED) is 0.406. The Morgan fingerprint density at radius 2 is 1.85 bits per heavy atom. The summed E-state index contributed by atoms with van der Waals surface area (Å²) in [5.74, 6) is -0.0802. The molecule has 0 fully saturated rings. The highest BCUT2D eigenvalue weighted by atomic mass is 35.5. The predicted octanol–water partition coefficient (Wildman–Crippen LogP) is 6.53. The monoisotopic (exact) mass is 477 g/mol. The van der Waals surface area contributed by atoms with E-state index in [9.17, 15) is 4.79 Å². The van der Waals surface area contributed by atoms with E-state index in [1.165, 1.54) is 5.56 Å². The zero-order chi connectivity index (χ0) is 23.4. The van der Waals surface area contributed by atoms with Crippen LogP contribution in [0.15, 0.2) is 83.1 Å². The maximum absolute atomic E-state index is 12.9. The molecule has 6 heteroatoms. The van der Waals surface area contributed by atoms with Gasteiger partial charge in [-0.15, -0.1) is 0 Å². The van der Waals surface area contributed by atoms with E-state index in [1.54, 1.807) is 11.8 Å². The van der Waals surface area contributed by atoms with Crippen LogP contribution >= 0.6 is 23.4 Å². The van der Waals surface area contributed by atoms with Crippen LogP contribution in [0.1, 0.15) is 35.3 Å². The first-order valence-corrected chi connectivity index (χ1v) is 12.2. The largest absolute Gasteiger partial charge is 0.355 e. The molecule has 3 aromatic carbocycles. The Kier molecular flexibility index (Phi) is 7.43. The predicted molar refractivity (Wildman–Crippen MR) is 139 cm³/mol. The SMILES string of the molecule is C=C1Nc2cc(C(=O)NCCN(Cc3ccccc3)C(C)C)ccc2Sc2ccc(Cl)cc21. The number of hydrogen-bond acceptors (Lipinski definition) is 4. The minimum atomic E-state index is -0.0802. The first-order valence-electron chi connectivity index (χ1n) is 11.0. The Morgan fingerprint density at radius 1 is 1.09 bits per heavy atom. The van der Waals surface area contributed by atoms with Crippen LogP contribution in [0.5, 0.6) is 0 Å². The minimum absolute atomic E-state index is 0.0802. The topological polar surface area (TPSA) is 44.4 Å². The van der Waals surface area contributed by atoms with Crippen molar-refractivity contribution in [3.8, 4) is 0 Å². The van der Waals surface area contributed by atoms with Gasteiger partial charge in [0.2, 0.25) is 0 Å². The fourth-order valence-corrected chi connectivity index (χ4v) is 4.98. The van der Waals surface area contributed by atoms with Gasteiger partial charge in [0.05, 0.1) is 5.69 Å². The average molecular weight is 478 g/mol. The van der Waals surface area contributed by atoms with Gasteiger partial charge >= 0.3 is 0 Å². The van der Waals surface area contributed by atoms with E-state index in [2.05, 4.69) is 60.2 Å². The molecule has 2 N–H and O–H groups in total. The van der Waals surface area contributed by atoms with Gasteiger partial charge in [-0.05, 0) is 55.8 Å². The molecule has 0 saturated heterocycles. The number of nitrogens with zero attached hydrogens (tertiary/aromatic N) is 1. The molecule has 0 aliphatic carbocycles. The van der Waals surface area contributed by atoms with Crippen LogP contribution in [0.3, 0.4) is 0 Å². The van der Waals surface area contributed by atoms with Gasteiger partial charge in [-0.25, -0.2) is 0 Å². The molecule has 0 aromatic heterocycles. The van der Waals surface area contributed by atoms with Crippen molar-refractivity contribution in [1.82, 2.24) is 10.2 Å². The molecule has 0 unspecified atom stereocenters. The van der Waals surface area contributed by atoms with Gasteiger partial charge in [-0.2, -0.15) is 0 Å². The third kappa shape index (κ3) is 5.80. The molecular formula is C27H28ClN3OS. The van der Waals surface area contributed by atoms with Gasteiger partial charge in [-0.3, -0.25) is 9.69 Å². The fraction of sp³-hybridized carbons (Fsp3) is 0.222. The van der Waals surface area contributed by atoms with Crippen LogP contribution in [-0.4, -0.2) is 29.9 Å². The molecule has 0 atom stereocenters. The summed E-state index contributed by atoms with van der Waals surface area (Å²) in [4.78, 5) is 17.4.